The summed E-state index contributed by atoms with van der Waals surface area (Å²) in [6.45, 7) is 0.230. The van der Waals surface area contributed by atoms with Crippen molar-refractivity contribution in [2.45, 2.75) is 6.61 Å². The predicted molar refractivity (Wildman–Crippen MR) is 83.0 cm³/mol. The maximum atomic E-state index is 11.6. The van der Waals surface area contributed by atoms with Crippen LogP contribution in [-0.4, -0.2) is 26.0 Å². The fourth-order valence-electron chi connectivity index (χ4n) is 2.20. The highest BCUT2D eigenvalue weighted by atomic mass is 16.5. The number of carbonyl (C=O) groups is 1. The van der Waals surface area contributed by atoms with Crippen LogP contribution in [0.3, 0.4) is 0 Å². The van der Waals surface area contributed by atoms with E-state index in [4.69, 9.17) is 4.74 Å². The number of carboxylic acid groups (broad SMARTS) is 1. The van der Waals surface area contributed by atoms with Crippen molar-refractivity contribution in [3.63, 3.8) is 0 Å². The molecule has 0 unspecified atom stereocenters. The van der Waals surface area contributed by atoms with E-state index in [0.29, 0.717) is 0 Å². The van der Waals surface area contributed by atoms with Crippen molar-refractivity contribution in [1.29, 1.82) is 0 Å². The Labute approximate surface area is 132 Å². The maximum absolute atomic E-state index is 11.6. The van der Waals surface area contributed by atoms with Crippen LogP contribution in [0.25, 0.3) is 5.69 Å². The van der Waals surface area contributed by atoms with Crippen molar-refractivity contribution in [2.24, 2.45) is 0 Å². The lowest BCUT2D eigenvalue weighted by Crippen LogP contribution is -2.10. The Morgan fingerprint density at radius 2 is 1.78 bits per heavy atom. The normalized spacial score (nSPS) is 10.4. The summed E-state index contributed by atoms with van der Waals surface area (Å²) in [4.78, 5) is 11.6. The van der Waals surface area contributed by atoms with Crippen LogP contribution in [0.2, 0.25) is 0 Å². The molecule has 0 bridgehead atoms. The second-order valence-corrected chi connectivity index (χ2v) is 4.84. The van der Waals surface area contributed by atoms with Crippen molar-refractivity contribution >= 4 is 5.97 Å². The highest BCUT2D eigenvalue weighted by molar-refractivity contribution is 5.89. The Hall–Kier alpha value is -3.28. The highest BCUT2D eigenvalue weighted by Gasteiger charge is 2.21. The Bertz CT molecular complexity index is 828. The average molecular weight is 310 g/mol. The number of aromatic nitrogens is 2. The molecule has 1 heterocycles. The summed E-state index contributed by atoms with van der Waals surface area (Å²) >= 11 is 0. The first-order valence-electron chi connectivity index (χ1n) is 6.93. The standard InChI is InChI=1S/C17H14N2O4/c20-14-9-5-4-8-13(14)19-16(17(21)22)15(10-18-19)23-11-12-6-2-1-3-7-12/h1-10,20H,11H2,(H,21,22). The number of nitrogens with zero attached hydrogens (tertiary/aromatic N) is 2. The first-order valence-corrected chi connectivity index (χ1v) is 6.93. The molecule has 0 fully saturated rings. The summed E-state index contributed by atoms with van der Waals surface area (Å²) in [5.74, 6) is -1.11. The smallest absolute Gasteiger partial charge is 0.358 e. The lowest BCUT2D eigenvalue weighted by atomic mass is 10.2. The molecule has 0 saturated heterocycles. The molecule has 3 aromatic rings. The molecule has 0 spiro atoms. The molecule has 0 saturated carbocycles. The third-order valence-corrected chi connectivity index (χ3v) is 3.29. The van der Waals surface area contributed by atoms with Gasteiger partial charge in [0.25, 0.3) is 0 Å². The molecule has 0 aliphatic rings. The number of aromatic hydroxyl groups is 1. The van der Waals surface area contributed by atoms with E-state index >= 15 is 0 Å². The van der Waals surface area contributed by atoms with Gasteiger partial charge in [-0.2, -0.15) is 5.10 Å². The molecule has 1 aromatic heterocycles. The quantitative estimate of drug-likeness (QED) is 0.757. The zero-order valence-corrected chi connectivity index (χ0v) is 12.1. The lowest BCUT2D eigenvalue weighted by molar-refractivity contribution is 0.0681. The third kappa shape index (κ3) is 3.01. The molecule has 0 amide bonds. The zero-order valence-electron chi connectivity index (χ0n) is 12.1. The highest BCUT2D eigenvalue weighted by Crippen LogP contribution is 2.27. The predicted octanol–water partition coefficient (Wildman–Crippen LogP) is 2.86. The molecular weight excluding hydrogens is 296 g/mol. The third-order valence-electron chi connectivity index (χ3n) is 3.29. The van der Waals surface area contributed by atoms with Gasteiger partial charge in [-0.1, -0.05) is 42.5 Å². The molecule has 6 heteroatoms. The first-order chi connectivity index (χ1) is 11.2. The SMILES string of the molecule is O=C(O)c1c(OCc2ccccc2)cnn1-c1ccccc1O. The van der Waals surface area contributed by atoms with Gasteiger partial charge in [-0.05, 0) is 17.7 Å². The van der Waals surface area contributed by atoms with E-state index in [2.05, 4.69) is 5.10 Å². The Morgan fingerprint density at radius 1 is 1.09 bits per heavy atom. The summed E-state index contributed by atoms with van der Waals surface area (Å²) < 4.78 is 6.73. The van der Waals surface area contributed by atoms with Crippen LogP contribution in [0.4, 0.5) is 0 Å². The number of aromatic carboxylic acids is 1. The zero-order chi connectivity index (χ0) is 16.2. The number of rotatable bonds is 5. The van der Waals surface area contributed by atoms with E-state index in [1.165, 1.54) is 12.3 Å². The Balaban J connectivity index is 1.93. The Morgan fingerprint density at radius 3 is 2.48 bits per heavy atom. The van der Waals surface area contributed by atoms with Crippen LogP contribution in [0.1, 0.15) is 16.1 Å². The number of phenolic OH excluding ortho intramolecular Hbond substituents is 1. The van der Waals surface area contributed by atoms with Gasteiger partial charge in [0.15, 0.2) is 11.4 Å². The molecule has 0 aliphatic carbocycles. The van der Waals surface area contributed by atoms with Gasteiger partial charge in [-0.25, -0.2) is 9.48 Å². The molecule has 2 aromatic carbocycles. The second-order valence-electron chi connectivity index (χ2n) is 4.84. The van der Waals surface area contributed by atoms with Gasteiger partial charge in [0.1, 0.15) is 18.0 Å². The van der Waals surface area contributed by atoms with Gasteiger partial charge in [-0.3, -0.25) is 0 Å². The monoisotopic (exact) mass is 310 g/mol. The summed E-state index contributed by atoms with van der Waals surface area (Å²) in [5, 5.41) is 23.4. The van der Waals surface area contributed by atoms with Crippen LogP contribution in [-0.2, 0) is 6.61 Å². The molecular formula is C17H14N2O4. The van der Waals surface area contributed by atoms with Crippen molar-refractivity contribution in [2.75, 3.05) is 0 Å². The van der Waals surface area contributed by atoms with Crippen LogP contribution in [0, 0.1) is 0 Å². The minimum atomic E-state index is -1.19. The van der Waals surface area contributed by atoms with Gasteiger partial charge in [0.2, 0.25) is 0 Å². The van der Waals surface area contributed by atoms with E-state index in [0.717, 1.165) is 10.2 Å². The number of benzene rings is 2. The number of hydrogen-bond acceptors (Lipinski definition) is 4. The number of hydrogen-bond donors (Lipinski definition) is 2. The largest absolute Gasteiger partial charge is 0.506 e. The Kier molecular flexibility index (Phi) is 3.97. The van der Waals surface area contributed by atoms with Crippen LogP contribution in [0.5, 0.6) is 11.5 Å². The number of ether oxygens (including phenoxy) is 1. The summed E-state index contributed by atoms with van der Waals surface area (Å²) in [6.07, 6.45) is 1.33. The van der Waals surface area contributed by atoms with Crippen LogP contribution in [0.15, 0.2) is 60.8 Å². The van der Waals surface area contributed by atoms with Gasteiger partial charge in [0.05, 0.1) is 6.20 Å². The van der Waals surface area contributed by atoms with Gasteiger partial charge < -0.3 is 14.9 Å². The topological polar surface area (TPSA) is 84.6 Å². The minimum absolute atomic E-state index is 0.0623. The summed E-state index contributed by atoms with van der Waals surface area (Å²) in [6, 6.07) is 15.8. The number of phenols is 1. The van der Waals surface area contributed by atoms with Crippen LogP contribution >= 0.6 is 0 Å². The lowest BCUT2D eigenvalue weighted by Gasteiger charge is -2.08. The first kappa shape index (κ1) is 14.6. The van der Waals surface area contributed by atoms with E-state index in [1.807, 2.05) is 30.3 Å². The van der Waals surface area contributed by atoms with Crippen molar-refractivity contribution in [3.05, 3.63) is 72.1 Å². The fourth-order valence-corrected chi connectivity index (χ4v) is 2.20. The van der Waals surface area contributed by atoms with Gasteiger partial charge >= 0.3 is 5.97 Å². The van der Waals surface area contributed by atoms with E-state index in [-0.39, 0.29) is 29.5 Å². The van der Waals surface area contributed by atoms with Crippen LogP contribution < -0.4 is 4.74 Å². The molecule has 0 atom stereocenters. The van der Waals surface area contributed by atoms with Gasteiger partial charge in [0, 0.05) is 0 Å². The fraction of sp³-hybridized carbons (Fsp3) is 0.0588. The van der Waals surface area contributed by atoms with Crippen molar-refractivity contribution < 1.29 is 19.7 Å². The molecule has 2 N–H and O–H groups in total. The maximum Gasteiger partial charge on any atom is 0.358 e. The second kappa shape index (κ2) is 6.23. The summed E-state index contributed by atoms with van der Waals surface area (Å²) in [7, 11) is 0. The molecule has 116 valence electrons. The van der Waals surface area contributed by atoms with E-state index < -0.39 is 5.97 Å². The molecule has 0 radical (unpaired) electrons. The minimum Gasteiger partial charge on any atom is -0.506 e. The van der Waals surface area contributed by atoms with Gasteiger partial charge in [-0.15, -0.1) is 0 Å². The summed E-state index contributed by atoms with van der Waals surface area (Å²) in [5.41, 5.74) is 1.06. The number of carboxylic acids is 1. The average Bonchev–Trinajstić information content (AvgIpc) is 2.98. The molecule has 6 nitrogen and oxygen atoms in total. The van der Waals surface area contributed by atoms with E-state index in [9.17, 15) is 15.0 Å². The van der Waals surface area contributed by atoms with Crippen molar-refractivity contribution in [1.82, 2.24) is 9.78 Å². The molecule has 23 heavy (non-hydrogen) atoms. The van der Waals surface area contributed by atoms with E-state index in [1.54, 1.807) is 18.2 Å². The number of para-hydroxylation sites is 2. The van der Waals surface area contributed by atoms with Crippen molar-refractivity contribution in [3.8, 4) is 17.2 Å². The molecule has 0 aliphatic heterocycles. The molecule has 3 rings (SSSR count).